The highest BCUT2D eigenvalue weighted by Gasteiger charge is 2.36. The van der Waals surface area contributed by atoms with Crippen LogP contribution in [0.2, 0.25) is 0 Å². The van der Waals surface area contributed by atoms with Gasteiger partial charge in [0.05, 0.1) is 29.4 Å². The lowest BCUT2D eigenvalue weighted by Crippen LogP contribution is -2.48. The Bertz CT molecular complexity index is 1180. The molecule has 2 aromatic heterocycles. The van der Waals surface area contributed by atoms with Crippen molar-refractivity contribution in [3.8, 4) is 0 Å². The zero-order valence-corrected chi connectivity index (χ0v) is 18.3. The molecule has 30 heavy (non-hydrogen) atoms. The van der Waals surface area contributed by atoms with Crippen LogP contribution in [0.1, 0.15) is 38.4 Å². The molecule has 3 N–H and O–H groups in total. The van der Waals surface area contributed by atoms with Crippen molar-refractivity contribution in [3.05, 3.63) is 30.1 Å². The Morgan fingerprint density at radius 3 is 2.57 bits per heavy atom. The van der Waals surface area contributed by atoms with Crippen molar-refractivity contribution in [2.45, 2.75) is 51.2 Å². The number of unbranched alkanes of at least 4 members (excludes halogenated alkanes) is 1. The molecule has 162 valence electrons. The van der Waals surface area contributed by atoms with Crippen LogP contribution in [-0.2, 0) is 23.0 Å². The van der Waals surface area contributed by atoms with Gasteiger partial charge in [0.1, 0.15) is 11.3 Å². The van der Waals surface area contributed by atoms with Gasteiger partial charge in [-0.25, -0.2) is 22.7 Å². The number of para-hydroxylation sites is 1. The third kappa shape index (κ3) is 3.89. The van der Waals surface area contributed by atoms with E-state index < -0.39 is 15.6 Å². The third-order valence-corrected chi connectivity index (χ3v) is 7.32. The zero-order chi connectivity index (χ0) is 21.5. The van der Waals surface area contributed by atoms with Crippen LogP contribution < -0.4 is 5.73 Å². The van der Waals surface area contributed by atoms with Crippen molar-refractivity contribution in [3.63, 3.8) is 0 Å². The number of imidazole rings is 1. The van der Waals surface area contributed by atoms with Gasteiger partial charge in [-0.3, -0.25) is 0 Å². The first-order valence-corrected chi connectivity index (χ1v) is 12.3. The van der Waals surface area contributed by atoms with E-state index in [2.05, 4.69) is 16.5 Å². The lowest BCUT2D eigenvalue weighted by atomic mass is 9.92. The normalized spacial score (nSPS) is 17.7. The summed E-state index contributed by atoms with van der Waals surface area (Å²) in [5.74, 6) is 1.27. The van der Waals surface area contributed by atoms with Crippen LogP contribution in [0.15, 0.2) is 24.3 Å². The Kier molecular flexibility index (Phi) is 5.46. The molecule has 4 rings (SSSR count). The second kappa shape index (κ2) is 7.79. The second-order valence-corrected chi connectivity index (χ2v) is 10.3. The first-order valence-electron chi connectivity index (χ1n) is 10.4. The lowest BCUT2D eigenvalue weighted by Gasteiger charge is -2.37. The number of nitrogens with two attached hydrogens (primary N) is 1. The predicted octanol–water partition coefficient (Wildman–Crippen LogP) is 2.30. The first kappa shape index (κ1) is 21.0. The number of rotatable bonds is 6. The van der Waals surface area contributed by atoms with Crippen molar-refractivity contribution < 1.29 is 13.5 Å². The van der Waals surface area contributed by atoms with Gasteiger partial charge < -0.3 is 15.4 Å². The van der Waals surface area contributed by atoms with E-state index in [1.165, 1.54) is 10.6 Å². The Morgan fingerprint density at radius 1 is 1.20 bits per heavy atom. The Morgan fingerprint density at radius 2 is 1.90 bits per heavy atom. The fourth-order valence-electron chi connectivity index (χ4n) is 4.29. The van der Waals surface area contributed by atoms with Crippen LogP contribution in [0.25, 0.3) is 21.9 Å². The molecule has 1 aromatic carbocycles. The van der Waals surface area contributed by atoms with Crippen molar-refractivity contribution in [1.29, 1.82) is 0 Å². The molecule has 9 heteroatoms. The van der Waals surface area contributed by atoms with Gasteiger partial charge in [0.2, 0.25) is 10.0 Å². The van der Waals surface area contributed by atoms with E-state index in [1.54, 1.807) is 0 Å². The summed E-state index contributed by atoms with van der Waals surface area (Å²) in [4.78, 5) is 9.31. The summed E-state index contributed by atoms with van der Waals surface area (Å²) in [5, 5.41) is 12.3. The van der Waals surface area contributed by atoms with Crippen molar-refractivity contribution in [2.24, 2.45) is 0 Å². The Balaban J connectivity index is 1.79. The Labute approximate surface area is 176 Å². The molecule has 0 spiro atoms. The number of anilines is 1. The van der Waals surface area contributed by atoms with Gasteiger partial charge in [0, 0.05) is 24.9 Å². The van der Waals surface area contributed by atoms with Crippen LogP contribution in [0.5, 0.6) is 0 Å². The summed E-state index contributed by atoms with van der Waals surface area (Å²) >= 11 is 0. The molecule has 1 fully saturated rings. The van der Waals surface area contributed by atoms with E-state index in [1.807, 2.05) is 24.3 Å². The number of benzene rings is 1. The minimum absolute atomic E-state index is 0.316. The lowest BCUT2D eigenvalue weighted by molar-refractivity contribution is -0.0190. The molecule has 1 saturated heterocycles. The van der Waals surface area contributed by atoms with Gasteiger partial charge in [0.15, 0.2) is 5.82 Å². The van der Waals surface area contributed by atoms with Crippen LogP contribution in [0.3, 0.4) is 0 Å². The van der Waals surface area contributed by atoms with Crippen LogP contribution in [0, 0.1) is 0 Å². The SMILES string of the molecule is CCCCc1nc2c(N)nc3ccccc3c2n1CC1(O)CCN(S(C)(=O)=O)CC1. The van der Waals surface area contributed by atoms with Crippen LogP contribution in [0.4, 0.5) is 5.82 Å². The molecule has 0 unspecified atom stereocenters. The van der Waals surface area contributed by atoms with Gasteiger partial charge in [-0.1, -0.05) is 31.5 Å². The van der Waals surface area contributed by atoms with Gasteiger partial charge in [-0.05, 0) is 25.3 Å². The van der Waals surface area contributed by atoms with E-state index in [9.17, 15) is 13.5 Å². The molecule has 0 aliphatic carbocycles. The number of hydrogen-bond acceptors (Lipinski definition) is 6. The number of sulfonamides is 1. The quantitative estimate of drug-likeness (QED) is 0.619. The standard InChI is InChI=1S/C21H29N5O3S/c1-3-4-9-17-24-18-19(15-7-5-6-8-16(15)23-20(18)22)26(17)14-21(27)10-12-25(13-11-21)30(2,28)29/h5-8,27H,3-4,9-14H2,1-2H3,(H2,22,23). The summed E-state index contributed by atoms with van der Waals surface area (Å²) in [5.41, 5.74) is 7.59. The van der Waals surface area contributed by atoms with E-state index in [0.717, 1.165) is 41.5 Å². The van der Waals surface area contributed by atoms with Crippen LogP contribution in [-0.4, -0.2) is 57.3 Å². The summed E-state index contributed by atoms with van der Waals surface area (Å²) in [6.45, 7) is 3.12. The maximum absolute atomic E-state index is 11.9. The molecule has 3 heterocycles. The summed E-state index contributed by atoms with van der Waals surface area (Å²) in [6, 6.07) is 7.81. The molecule has 0 atom stereocenters. The first-order chi connectivity index (χ1) is 14.2. The van der Waals surface area contributed by atoms with Crippen molar-refractivity contribution >= 4 is 37.8 Å². The fraction of sp³-hybridized carbons (Fsp3) is 0.524. The number of hydrogen-bond donors (Lipinski definition) is 2. The maximum Gasteiger partial charge on any atom is 0.211 e. The number of fused-ring (bicyclic) bond motifs is 3. The molecular formula is C21H29N5O3S. The minimum Gasteiger partial charge on any atom is -0.388 e. The van der Waals surface area contributed by atoms with Gasteiger partial charge in [-0.15, -0.1) is 0 Å². The zero-order valence-electron chi connectivity index (χ0n) is 17.5. The fourth-order valence-corrected chi connectivity index (χ4v) is 5.13. The van der Waals surface area contributed by atoms with Gasteiger partial charge in [0.25, 0.3) is 0 Å². The molecule has 0 saturated carbocycles. The average molecular weight is 432 g/mol. The molecule has 1 aliphatic rings. The predicted molar refractivity (Wildman–Crippen MR) is 119 cm³/mol. The largest absolute Gasteiger partial charge is 0.388 e. The minimum atomic E-state index is -3.25. The number of piperidine rings is 1. The average Bonchev–Trinajstić information content (AvgIpc) is 3.04. The molecule has 8 nitrogen and oxygen atoms in total. The topological polar surface area (TPSA) is 114 Å². The Hall–Kier alpha value is -2.23. The number of nitrogen functional groups attached to an aromatic ring is 1. The van der Waals surface area contributed by atoms with Crippen molar-refractivity contribution in [2.75, 3.05) is 25.1 Å². The molecule has 0 radical (unpaired) electrons. The van der Waals surface area contributed by atoms with Crippen molar-refractivity contribution in [1.82, 2.24) is 18.8 Å². The summed E-state index contributed by atoms with van der Waals surface area (Å²) < 4.78 is 27.2. The van der Waals surface area contributed by atoms with E-state index in [0.29, 0.717) is 43.8 Å². The van der Waals surface area contributed by atoms with E-state index >= 15 is 0 Å². The highest BCUT2D eigenvalue weighted by atomic mass is 32.2. The number of nitrogens with zero attached hydrogens (tertiary/aromatic N) is 4. The van der Waals surface area contributed by atoms with Gasteiger partial charge in [-0.2, -0.15) is 0 Å². The number of pyridine rings is 1. The maximum atomic E-state index is 11.9. The summed E-state index contributed by atoms with van der Waals surface area (Å²) in [6.07, 6.45) is 4.77. The number of aliphatic hydroxyl groups is 1. The monoisotopic (exact) mass is 431 g/mol. The highest BCUT2D eigenvalue weighted by Crippen LogP contribution is 2.33. The van der Waals surface area contributed by atoms with E-state index in [4.69, 9.17) is 10.7 Å². The molecule has 0 bridgehead atoms. The summed E-state index contributed by atoms with van der Waals surface area (Å²) in [7, 11) is -3.25. The highest BCUT2D eigenvalue weighted by molar-refractivity contribution is 7.88. The number of aryl methyl sites for hydroxylation is 1. The van der Waals surface area contributed by atoms with E-state index in [-0.39, 0.29) is 0 Å². The smallest absolute Gasteiger partial charge is 0.211 e. The van der Waals surface area contributed by atoms with Gasteiger partial charge >= 0.3 is 0 Å². The molecule has 1 aliphatic heterocycles. The third-order valence-electron chi connectivity index (χ3n) is 6.02. The van der Waals surface area contributed by atoms with Crippen LogP contribution >= 0.6 is 0 Å². The molecule has 3 aromatic rings. The second-order valence-electron chi connectivity index (χ2n) is 8.32. The molecular weight excluding hydrogens is 402 g/mol. The molecule has 0 amide bonds. The number of aromatic nitrogens is 3.